The molecule has 2 aromatic carbocycles. The van der Waals surface area contributed by atoms with Gasteiger partial charge in [0.2, 0.25) is 0 Å². The van der Waals surface area contributed by atoms with E-state index in [4.69, 9.17) is 11.5 Å². The number of allylic oxidation sites excluding steroid dienone is 1. The monoisotopic (exact) mass is 267 g/mol. The van der Waals surface area contributed by atoms with Crippen molar-refractivity contribution < 1.29 is 0 Å². The Morgan fingerprint density at radius 3 is 2.20 bits per heavy atom. The summed E-state index contributed by atoms with van der Waals surface area (Å²) in [6.45, 7) is 2.82. The minimum absolute atomic E-state index is 0.762. The van der Waals surface area contributed by atoms with Crippen molar-refractivity contribution in [1.29, 1.82) is 0 Å². The fourth-order valence-electron chi connectivity index (χ4n) is 2.11. The van der Waals surface area contributed by atoms with Gasteiger partial charge in [-0.15, -0.1) is 0 Å². The number of rotatable bonds is 4. The van der Waals surface area contributed by atoms with Crippen molar-refractivity contribution in [3.63, 3.8) is 0 Å². The van der Waals surface area contributed by atoms with Crippen LogP contribution in [0.15, 0.2) is 60.4 Å². The largest absolute Gasteiger partial charge is 0.399 e. The molecule has 0 saturated carbocycles. The Hall–Kier alpha value is -2.42. The zero-order valence-electron chi connectivity index (χ0n) is 12.0. The minimum atomic E-state index is 0.762. The molecule has 0 fully saturated rings. The number of hydrogen-bond acceptors (Lipinski definition) is 3. The van der Waals surface area contributed by atoms with Crippen LogP contribution in [0.25, 0.3) is 5.57 Å². The smallest absolute Gasteiger partial charge is 0.102 e. The molecule has 0 spiro atoms. The van der Waals surface area contributed by atoms with Crippen molar-refractivity contribution in [3.8, 4) is 0 Å². The predicted molar refractivity (Wildman–Crippen MR) is 85.5 cm³/mol. The van der Waals surface area contributed by atoms with Crippen molar-refractivity contribution in [3.05, 3.63) is 71.5 Å². The molecule has 0 heterocycles. The summed E-state index contributed by atoms with van der Waals surface area (Å²) in [4.78, 5) is 2.06. The molecule has 0 bridgehead atoms. The highest BCUT2D eigenvalue weighted by atomic mass is 15.2. The summed E-state index contributed by atoms with van der Waals surface area (Å²) in [7, 11) is 2.00. The number of benzene rings is 2. The van der Waals surface area contributed by atoms with E-state index >= 15 is 0 Å². The normalized spacial score (nSPS) is 11.9. The Balaban J connectivity index is 2.17. The van der Waals surface area contributed by atoms with Gasteiger partial charge in [-0.05, 0) is 35.8 Å². The fourth-order valence-corrected chi connectivity index (χ4v) is 2.11. The molecule has 0 aliphatic heterocycles. The van der Waals surface area contributed by atoms with E-state index in [1.54, 1.807) is 0 Å². The topological polar surface area (TPSA) is 55.3 Å². The van der Waals surface area contributed by atoms with Gasteiger partial charge in [0.25, 0.3) is 0 Å². The first-order valence-electron chi connectivity index (χ1n) is 6.65. The lowest BCUT2D eigenvalue weighted by atomic mass is 10.1. The average Bonchev–Trinajstić information content (AvgIpc) is 2.47. The molecule has 0 atom stereocenters. The van der Waals surface area contributed by atoms with Crippen molar-refractivity contribution in [2.75, 3.05) is 12.8 Å². The lowest BCUT2D eigenvalue weighted by molar-refractivity contribution is 0.408. The molecule has 0 saturated heterocycles. The highest BCUT2D eigenvalue weighted by Crippen LogP contribution is 2.19. The molecule has 0 aliphatic carbocycles. The summed E-state index contributed by atoms with van der Waals surface area (Å²) in [5, 5.41) is 0. The van der Waals surface area contributed by atoms with E-state index in [2.05, 4.69) is 17.0 Å². The maximum Gasteiger partial charge on any atom is 0.102 e. The Morgan fingerprint density at radius 1 is 1.00 bits per heavy atom. The van der Waals surface area contributed by atoms with E-state index in [9.17, 15) is 0 Å². The Kier molecular flexibility index (Phi) is 4.31. The minimum Gasteiger partial charge on any atom is -0.399 e. The number of nitrogens with two attached hydrogens (primary N) is 2. The number of nitrogen functional groups attached to an aromatic ring is 1. The lowest BCUT2D eigenvalue weighted by Crippen LogP contribution is -2.24. The van der Waals surface area contributed by atoms with Crippen LogP contribution in [-0.4, -0.2) is 11.9 Å². The van der Waals surface area contributed by atoms with Gasteiger partial charge in [-0.2, -0.15) is 0 Å². The van der Waals surface area contributed by atoms with E-state index in [-0.39, 0.29) is 0 Å². The highest BCUT2D eigenvalue weighted by Gasteiger charge is 2.07. The molecule has 4 N–H and O–H groups in total. The average molecular weight is 267 g/mol. The van der Waals surface area contributed by atoms with Gasteiger partial charge in [0.05, 0.1) is 0 Å². The van der Waals surface area contributed by atoms with Crippen LogP contribution in [0.5, 0.6) is 0 Å². The summed E-state index contributed by atoms with van der Waals surface area (Å²) in [6.07, 6.45) is 0. The molecule has 0 aliphatic rings. The summed E-state index contributed by atoms with van der Waals surface area (Å²) in [5.41, 5.74) is 16.1. The van der Waals surface area contributed by atoms with Gasteiger partial charge in [-0.25, -0.2) is 0 Å². The molecule has 0 unspecified atom stereocenters. The molecule has 3 heteroatoms. The van der Waals surface area contributed by atoms with Crippen LogP contribution in [0.3, 0.4) is 0 Å². The second kappa shape index (κ2) is 6.15. The maximum absolute atomic E-state index is 6.25. The third-order valence-corrected chi connectivity index (χ3v) is 3.40. The van der Waals surface area contributed by atoms with E-state index in [1.807, 2.05) is 56.4 Å². The van der Waals surface area contributed by atoms with E-state index in [0.29, 0.717) is 0 Å². The maximum atomic E-state index is 6.25. The molecule has 104 valence electrons. The molecule has 2 rings (SSSR count). The number of nitrogens with zero attached hydrogens (tertiary/aromatic N) is 1. The lowest BCUT2D eigenvalue weighted by Gasteiger charge is -2.22. The van der Waals surface area contributed by atoms with Crippen LogP contribution in [0.4, 0.5) is 5.69 Å². The third-order valence-electron chi connectivity index (χ3n) is 3.40. The summed E-state index contributed by atoms with van der Waals surface area (Å²) in [5.74, 6) is 0.777. The summed E-state index contributed by atoms with van der Waals surface area (Å²) < 4.78 is 0. The first kappa shape index (κ1) is 14.0. The Labute approximate surface area is 120 Å². The molecule has 2 aromatic rings. The van der Waals surface area contributed by atoms with Crippen molar-refractivity contribution in [2.24, 2.45) is 5.73 Å². The highest BCUT2D eigenvalue weighted by molar-refractivity contribution is 5.67. The first-order chi connectivity index (χ1) is 9.58. The van der Waals surface area contributed by atoms with Gasteiger partial charge < -0.3 is 16.4 Å². The van der Waals surface area contributed by atoms with E-state index in [0.717, 1.165) is 29.2 Å². The Morgan fingerprint density at radius 2 is 1.60 bits per heavy atom. The van der Waals surface area contributed by atoms with Gasteiger partial charge in [-0.3, -0.25) is 0 Å². The Bertz CT molecular complexity index is 585. The van der Waals surface area contributed by atoms with Crippen LogP contribution in [0.2, 0.25) is 0 Å². The van der Waals surface area contributed by atoms with Crippen LogP contribution in [0.1, 0.15) is 18.1 Å². The SMILES string of the molecule is C/C(=C(\N)N(C)Cc1ccccc1)c1ccc(N)cc1. The van der Waals surface area contributed by atoms with Crippen molar-refractivity contribution in [2.45, 2.75) is 13.5 Å². The molecule has 0 radical (unpaired) electrons. The second-order valence-corrected chi connectivity index (χ2v) is 4.97. The van der Waals surface area contributed by atoms with Crippen molar-refractivity contribution in [1.82, 2.24) is 4.90 Å². The van der Waals surface area contributed by atoms with Crippen LogP contribution >= 0.6 is 0 Å². The zero-order valence-corrected chi connectivity index (χ0v) is 12.0. The van der Waals surface area contributed by atoms with Crippen LogP contribution in [0, 0.1) is 0 Å². The van der Waals surface area contributed by atoms with Gasteiger partial charge in [0.15, 0.2) is 0 Å². The molecular weight excluding hydrogens is 246 g/mol. The van der Waals surface area contributed by atoms with Crippen LogP contribution < -0.4 is 11.5 Å². The van der Waals surface area contributed by atoms with Gasteiger partial charge >= 0.3 is 0 Å². The van der Waals surface area contributed by atoms with Gasteiger partial charge in [0.1, 0.15) is 5.82 Å². The zero-order chi connectivity index (χ0) is 14.5. The van der Waals surface area contributed by atoms with Gasteiger partial charge in [0, 0.05) is 19.3 Å². The second-order valence-electron chi connectivity index (χ2n) is 4.97. The summed E-state index contributed by atoms with van der Waals surface area (Å²) in [6, 6.07) is 18.1. The molecular formula is C17H21N3. The third kappa shape index (κ3) is 3.32. The van der Waals surface area contributed by atoms with Crippen molar-refractivity contribution >= 4 is 11.3 Å². The number of anilines is 1. The van der Waals surface area contributed by atoms with E-state index < -0.39 is 0 Å². The van der Waals surface area contributed by atoms with Crippen LogP contribution in [-0.2, 0) is 6.54 Å². The van der Waals surface area contributed by atoms with Gasteiger partial charge in [-0.1, -0.05) is 42.5 Å². The predicted octanol–water partition coefficient (Wildman–Crippen LogP) is 3.05. The molecule has 0 aromatic heterocycles. The molecule has 3 nitrogen and oxygen atoms in total. The first-order valence-corrected chi connectivity index (χ1v) is 6.65. The quantitative estimate of drug-likeness (QED) is 0.837. The summed E-state index contributed by atoms with van der Waals surface area (Å²) >= 11 is 0. The van der Waals surface area contributed by atoms with E-state index in [1.165, 1.54) is 5.56 Å². The standard InChI is InChI=1S/C17H21N3/c1-13(15-8-10-16(18)11-9-15)17(19)20(2)12-14-6-4-3-5-7-14/h3-11H,12,18-19H2,1-2H3/b17-13-. The molecule has 0 amide bonds. The molecule has 20 heavy (non-hydrogen) atoms. The fraction of sp³-hybridized carbons (Fsp3) is 0.176. The number of hydrogen-bond donors (Lipinski definition) is 2.